The predicted octanol–water partition coefficient (Wildman–Crippen LogP) is 1.37. The monoisotopic (exact) mass is 321 g/mol. The number of aliphatic hydroxyl groups excluding tert-OH is 1. The van der Waals surface area contributed by atoms with E-state index in [0.717, 1.165) is 18.2 Å². The van der Waals surface area contributed by atoms with E-state index >= 15 is 0 Å². The largest absolute Gasteiger partial charge is 0.395 e. The lowest BCUT2D eigenvalue weighted by Gasteiger charge is -2.31. The third kappa shape index (κ3) is 4.72. The van der Waals surface area contributed by atoms with Crippen LogP contribution < -0.4 is 5.73 Å². The van der Waals surface area contributed by atoms with Crippen molar-refractivity contribution in [2.45, 2.75) is 25.2 Å². The molecule has 0 aliphatic rings. The van der Waals surface area contributed by atoms with Crippen LogP contribution in [-0.2, 0) is 15.3 Å². The molecule has 0 amide bonds. The summed E-state index contributed by atoms with van der Waals surface area (Å²) in [5.41, 5.74) is 4.89. The molecule has 1 unspecified atom stereocenters. The molecule has 4 nitrogen and oxygen atoms in total. The molecule has 0 spiro atoms. The minimum Gasteiger partial charge on any atom is -0.395 e. The molecule has 21 heavy (non-hydrogen) atoms. The Morgan fingerprint density at radius 2 is 1.81 bits per heavy atom. The highest BCUT2D eigenvalue weighted by molar-refractivity contribution is 7.91. The van der Waals surface area contributed by atoms with Gasteiger partial charge in [0, 0.05) is 23.8 Å². The van der Waals surface area contributed by atoms with Crippen molar-refractivity contribution in [3.05, 3.63) is 35.4 Å². The van der Waals surface area contributed by atoms with E-state index < -0.39 is 33.5 Å². The van der Waals surface area contributed by atoms with Gasteiger partial charge in [-0.1, -0.05) is 6.92 Å². The topological polar surface area (TPSA) is 80.4 Å². The molecule has 0 aliphatic carbocycles. The van der Waals surface area contributed by atoms with Crippen molar-refractivity contribution in [2.75, 3.05) is 24.7 Å². The summed E-state index contributed by atoms with van der Waals surface area (Å²) in [6, 6.07) is 2.99. The first-order valence-corrected chi connectivity index (χ1v) is 8.58. The van der Waals surface area contributed by atoms with Gasteiger partial charge >= 0.3 is 0 Å². The molecule has 0 heterocycles. The molecule has 0 bridgehead atoms. The Labute approximate surface area is 123 Å². The van der Waals surface area contributed by atoms with E-state index in [0.29, 0.717) is 0 Å². The van der Waals surface area contributed by atoms with Crippen LogP contribution in [-0.4, -0.2) is 38.2 Å². The van der Waals surface area contributed by atoms with Crippen LogP contribution in [0.15, 0.2) is 18.2 Å². The van der Waals surface area contributed by atoms with E-state index in [1.54, 1.807) is 6.92 Å². The summed E-state index contributed by atoms with van der Waals surface area (Å²) in [6.45, 7) is 1.12. The lowest BCUT2D eigenvalue weighted by Crippen LogP contribution is -2.39. The molecule has 0 aliphatic heterocycles. The van der Waals surface area contributed by atoms with Crippen LogP contribution in [0.25, 0.3) is 0 Å². The van der Waals surface area contributed by atoms with Gasteiger partial charge in [-0.05, 0) is 30.5 Å². The van der Waals surface area contributed by atoms with Crippen LogP contribution in [0.3, 0.4) is 0 Å². The average Bonchev–Trinajstić information content (AvgIpc) is 2.43. The third-order valence-electron chi connectivity index (χ3n) is 3.72. The first-order valence-electron chi connectivity index (χ1n) is 6.76. The van der Waals surface area contributed by atoms with Crippen LogP contribution in [0.1, 0.15) is 25.3 Å². The summed E-state index contributed by atoms with van der Waals surface area (Å²) in [7, 11) is -3.13. The zero-order valence-corrected chi connectivity index (χ0v) is 12.8. The normalized spacial score (nSPS) is 14.9. The van der Waals surface area contributed by atoms with Crippen LogP contribution in [0.4, 0.5) is 8.78 Å². The molecule has 1 aromatic carbocycles. The highest BCUT2D eigenvalue weighted by atomic mass is 32.2. The Morgan fingerprint density at radius 3 is 2.24 bits per heavy atom. The number of hydrogen-bond donors (Lipinski definition) is 2. The highest BCUT2D eigenvalue weighted by Crippen LogP contribution is 2.29. The SMILES string of the molecule is CCS(=O)(=O)CCCC(CN)(CO)c1cc(F)cc(F)c1. The molecule has 0 fully saturated rings. The molecule has 0 aromatic heterocycles. The second-order valence-electron chi connectivity index (χ2n) is 5.14. The van der Waals surface area contributed by atoms with Gasteiger partial charge in [-0.3, -0.25) is 0 Å². The zero-order chi connectivity index (χ0) is 16.1. The van der Waals surface area contributed by atoms with Crippen molar-refractivity contribution in [3.8, 4) is 0 Å². The Hall–Kier alpha value is -1.05. The van der Waals surface area contributed by atoms with Crippen LogP contribution >= 0.6 is 0 Å². The molecule has 1 rings (SSSR count). The standard InChI is InChI=1S/C14H21F2NO3S/c1-2-21(19,20)5-3-4-14(9-17,10-18)11-6-12(15)8-13(16)7-11/h6-8,18H,2-5,9-10,17H2,1H3. The fourth-order valence-electron chi connectivity index (χ4n) is 2.23. The third-order valence-corrected chi connectivity index (χ3v) is 5.51. The summed E-state index contributed by atoms with van der Waals surface area (Å²) in [4.78, 5) is 0. The summed E-state index contributed by atoms with van der Waals surface area (Å²) in [6.07, 6.45) is 0.508. The smallest absolute Gasteiger partial charge is 0.150 e. The lowest BCUT2D eigenvalue weighted by molar-refractivity contribution is 0.186. The Morgan fingerprint density at radius 1 is 1.24 bits per heavy atom. The van der Waals surface area contributed by atoms with Gasteiger partial charge in [0.05, 0.1) is 12.4 Å². The molecule has 0 radical (unpaired) electrons. The van der Waals surface area contributed by atoms with Crippen LogP contribution in [0.5, 0.6) is 0 Å². The molecule has 3 N–H and O–H groups in total. The van der Waals surface area contributed by atoms with Gasteiger partial charge in [0.15, 0.2) is 0 Å². The first kappa shape index (κ1) is 18.0. The average molecular weight is 321 g/mol. The Bertz CT molecular complexity index is 551. The van der Waals surface area contributed by atoms with E-state index in [9.17, 15) is 22.3 Å². The molecule has 120 valence electrons. The van der Waals surface area contributed by atoms with Crippen molar-refractivity contribution in [2.24, 2.45) is 5.73 Å². The van der Waals surface area contributed by atoms with Gasteiger partial charge in [-0.15, -0.1) is 0 Å². The first-order chi connectivity index (χ1) is 9.78. The summed E-state index contributed by atoms with van der Waals surface area (Å²) in [5, 5.41) is 9.62. The van der Waals surface area contributed by atoms with Gasteiger partial charge in [-0.25, -0.2) is 17.2 Å². The van der Waals surface area contributed by atoms with Crippen molar-refractivity contribution in [1.82, 2.24) is 0 Å². The fraction of sp³-hybridized carbons (Fsp3) is 0.571. The van der Waals surface area contributed by atoms with Crippen molar-refractivity contribution in [1.29, 1.82) is 0 Å². The molecular formula is C14H21F2NO3S. The Balaban J connectivity index is 2.97. The number of halogens is 2. The van der Waals surface area contributed by atoms with Gasteiger partial charge in [0.2, 0.25) is 0 Å². The second-order valence-corrected chi connectivity index (χ2v) is 7.61. The van der Waals surface area contributed by atoms with Crippen LogP contribution in [0, 0.1) is 11.6 Å². The van der Waals surface area contributed by atoms with E-state index in [-0.39, 0.29) is 36.5 Å². The van der Waals surface area contributed by atoms with E-state index in [2.05, 4.69) is 0 Å². The van der Waals surface area contributed by atoms with E-state index in [4.69, 9.17) is 5.73 Å². The van der Waals surface area contributed by atoms with Crippen molar-refractivity contribution in [3.63, 3.8) is 0 Å². The maximum absolute atomic E-state index is 13.3. The quantitative estimate of drug-likeness (QED) is 0.758. The van der Waals surface area contributed by atoms with Crippen LogP contribution in [0.2, 0.25) is 0 Å². The van der Waals surface area contributed by atoms with Crippen molar-refractivity contribution < 1.29 is 22.3 Å². The minimum atomic E-state index is -3.13. The maximum Gasteiger partial charge on any atom is 0.150 e. The summed E-state index contributed by atoms with van der Waals surface area (Å²) in [5.74, 6) is -1.51. The highest BCUT2D eigenvalue weighted by Gasteiger charge is 2.31. The van der Waals surface area contributed by atoms with Gasteiger partial charge in [-0.2, -0.15) is 0 Å². The van der Waals surface area contributed by atoms with Crippen molar-refractivity contribution >= 4 is 9.84 Å². The number of aliphatic hydroxyl groups is 1. The molecule has 1 atom stereocenters. The Kier molecular flexibility index (Phi) is 6.24. The molecular weight excluding hydrogens is 300 g/mol. The summed E-state index contributed by atoms with van der Waals surface area (Å²) >= 11 is 0. The molecule has 1 aromatic rings. The summed E-state index contributed by atoms with van der Waals surface area (Å²) < 4.78 is 49.7. The molecule has 0 saturated heterocycles. The number of hydrogen-bond acceptors (Lipinski definition) is 4. The second kappa shape index (κ2) is 7.29. The number of benzene rings is 1. The lowest BCUT2D eigenvalue weighted by atomic mass is 9.77. The molecule has 7 heteroatoms. The minimum absolute atomic E-state index is 0.0292. The number of nitrogens with two attached hydrogens (primary N) is 1. The number of rotatable bonds is 8. The van der Waals surface area contributed by atoms with Gasteiger partial charge < -0.3 is 10.8 Å². The van der Waals surface area contributed by atoms with Gasteiger partial charge in [0.1, 0.15) is 21.5 Å². The predicted molar refractivity (Wildman–Crippen MR) is 77.7 cm³/mol. The fourth-order valence-corrected chi connectivity index (χ4v) is 3.11. The zero-order valence-electron chi connectivity index (χ0n) is 12.0. The maximum atomic E-state index is 13.3. The number of sulfone groups is 1. The van der Waals surface area contributed by atoms with E-state index in [1.165, 1.54) is 0 Å². The van der Waals surface area contributed by atoms with E-state index in [1.807, 2.05) is 0 Å². The van der Waals surface area contributed by atoms with Gasteiger partial charge in [0.25, 0.3) is 0 Å². The molecule has 0 saturated carbocycles.